The molecule has 0 spiro atoms. The van der Waals surface area contributed by atoms with E-state index in [1.807, 2.05) is 18.4 Å². The zero-order chi connectivity index (χ0) is 15.6. The Kier molecular flexibility index (Phi) is 4.50. The zero-order valence-electron chi connectivity index (χ0n) is 11.5. The molecular formula is C13H15FN2O3S2. The summed E-state index contributed by atoms with van der Waals surface area (Å²) in [5, 5.41) is 1.88. The molecule has 0 aliphatic carbocycles. The van der Waals surface area contributed by atoms with Crippen molar-refractivity contribution in [2.75, 3.05) is 12.8 Å². The normalized spacial score (nSPS) is 11.6. The molecular weight excluding hydrogens is 315 g/mol. The van der Waals surface area contributed by atoms with Crippen LogP contribution in [-0.2, 0) is 16.6 Å². The molecule has 0 radical (unpaired) electrons. The molecule has 2 rings (SSSR count). The molecule has 0 aliphatic rings. The summed E-state index contributed by atoms with van der Waals surface area (Å²) < 4.78 is 45.3. The second-order valence-corrected chi connectivity index (χ2v) is 7.15. The van der Waals surface area contributed by atoms with Gasteiger partial charge in [0.1, 0.15) is 0 Å². The molecule has 0 saturated carbocycles. The predicted molar refractivity (Wildman–Crippen MR) is 80.4 cm³/mol. The lowest BCUT2D eigenvalue weighted by atomic mass is 10.3. The van der Waals surface area contributed by atoms with Crippen LogP contribution in [0.1, 0.15) is 10.4 Å². The number of rotatable bonds is 5. The number of aryl methyl sites for hydroxylation is 1. The monoisotopic (exact) mass is 330 g/mol. The molecule has 1 heterocycles. The van der Waals surface area contributed by atoms with E-state index in [1.54, 1.807) is 0 Å². The first-order chi connectivity index (χ1) is 9.85. The minimum Gasteiger partial charge on any atom is -0.492 e. The molecule has 1 aromatic heterocycles. The van der Waals surface area contributed by atoms with Crippen molar-refractivity contribution in [3.05, 3.63) is 39.8 Å². The Labute approximate surface area is 126 Å². The van der Waals surface area contributed by atoms with E-state index in [9.17, 15) is 12.8 Å². The van der Waals surface area contributed by atoms with E-state index in [0.717, 1.165) is 16.5 Å². The third kappa shape index (κ3) is 3.34. The van der Waals surface area contributed by atoms with Gasteiger partial charge in [-0.2, -0.15) is 0 Å². The van der Waals surface area contributed by atoms with Gasteiger partial charge in [-0.3, -0.25) is 0 Å². The molecule has 0 saturated heterocycles. The maximum atomic E-state index is 13.7. The van der Waals surface area contributed by atoms with Crippen molar-refractivity contribution in [3.8, 4) is 5.75 Å². The Bertz CT molecular complexity index is 734. The average molecular weight is 330 g/mol. The highest BCUT2D eigenvalue weighted by atomic mass is 32.2. The number of nitrogens with one attached hydrogen (secondary N) is 1. The molecule has 1 aromatic carbocycles. The van der Waals surface area contributed by atoms with Crippen LogP contribution in [0.25, 0.3) is 0 Å². The third-order valence-corrected chi connectivity index (χ3v) is 5.35. The van der Waals surface area contributed by atoms with Crippen molar-refractivity contribution < 1.29 is 17.5 Å². The van der Waals surface area contributed by atoms with Crippen LogP contribution in [0.15, 0.2) is 28.5 Å². The van der Waals surface area contributed by atoms with Crippen molar-refractivity contribution in [3.63, 3.8) is 0 Å². The number of methoxy groups -OCH3 is 1. The van der Waals surface area contributed by atoms with E-state index in [0.29, 0.717) is 0 Å². The molecule has 2 aromatic rings. The molecule has 0 atom stereocenters. The first-order valence-corrected chi connectivity index (χ1v) is 8.37. The Hall–Kier alpha value is -1.64. The number of hydrogen-bond donors (Lipinski definition) is 2. The van der Waals surface area contributed by atoms with Crippen molar-refractivity contribution in [1.29, 1.82) is 0 Å². The molecule has 3 N–H and O–H groups in total. The SMILES string of the molecule is COc1c(N)cc(S(=O)(=O)NCc2sccc2C)cc1F. The number of halogens is 1. The van der Waals surface area contributed by atoms with Gasteiger partial charge in [0.05, 0.1) is 17.7 Å². The molecule has 0 bridgehead atoms. The Morgan fingerprint density at radius 2 is 2.14 bits per heavy atom. The molecule has 0 amide bonds. The maximum absolute atomic E-state index is 13.7. The van der Waals surface area contributed by atoms with Gasteiger partial charge >= 0.3 is 0 Å². The van der Waals surface area contributed by atoms with Gasteiger partial charge in [0, 0.05) is 11.4 Å². The van der Waals surface area contributed by atoms with E-state index in [-0.39, 0.29) is 22.9 Å². The minimum absolute atomic E-state index is 0.0646. The molecule has 8 heteroatoms. The molecule has 0 aliphatic heterocycles. The van der Waals surface area contributed by atoms with Crippen LogP contribution in [0.3, 0.4) is 0 Å². The number of ether oxygens (including phenoxy) is 1. The summed E-state index contributed by atoms with van der Waals surface area (Å²) in [6, 6.07) is 3.96. The van der Waals surface area contributed by atoms with Crippen LogP contribution in [0.5, 0.6) is 5.75 Å². The first-order valence-electron chi connectivity index (χ1n) is 6.01. The van der Waals surface area contributed by atoms with Crippen LogP contribution in [0.4, 0.5) is 10.1 Å². The molecule has 21 heavy (non-hydrogen) atoms. The van der Waals surface area contributed by atoms with Gasteiger partial charge in [-0.1, -0.05) is 0 Å². The van der Waals surface area contributed by atoms with Gasteiger partial charge in [-0.05, 0) is 36.1 Å². The number of benzene rings is 1. The largest absolute Gasteiger partial charge is 0.492 e. The van der Waals surface area contributed by atoms with Crippen LogP contribution in [-0.4, -0.2) is 15.5 Å². The van der Waals surface area contributed by atoms with Gasteiger partial charge in [0.25, 0.3) is 0 Å². The van der Waals surface area contributed by atoms with Crippen LogP contribution >= 0.6 is 11.3 Å². The van der Waals surface area contributed by atoms with Gasteiger partial charge < -0.3 is 10.5 Å². The number of sulfonamides is 1. The Balaban J connectivity index is 2.26. The van der Waals surface area contributed by atoms with Crippen molar-refractivity contribution in [2.24, 2.45) is 0 Å². The fourth-order valence-corrected chi connectivity index (χ4v) is 3.77. The Morgan fingerprint density at radius 3 is 2.67 bits per heavy atom. The zero-order valence-corrected chi connectivity index (χ0v) is 13.1. The van der Waals surface area contributed by atoms with Gasteiger partial charge in [0.2, 0.25) is 10.0 Å². The van der Waals surface area contributed by atoms with Crippen molar-refractivity contribution in [1.82, 2.24) is 4.72 Å². The fraction of sp³-hybridized carbons (Fsp3) is 0.231. The smallest absolute Gasteiger partial charge is 0.241 e. The summed E-state index contributed by atoms with van der Waals surface area (Å²) in [7, 11) is -2.58. The summed E-state index contributed by atoms with van der Waals surface area (Å²) in [4.78, 5) is 0.674. The molecule has 0 fully saturated rings. The number of nitrogen functional groups attached to an aromatic ring is 1. The lowest BCUT2D eigenvalue weighted by molar-refractivity contribution is 0.388. The van der Waals surface area contributed by atoms with E-state index in [1.165, 1.54) is 24.5 Å². The summed E-state index contributed by atoms with van der Waals surface area (Å²) >= 11 is 1.45. The summed E-state index contributed by atoms with van der Waals surface area (Å²) in [6.45, 7) is 2.05. The molecule has 0 unspecified atom stereocenters. The van der Waals surface area contributed by atoms with Crippen LogP contribution in [0.2, 0.25) is 0 Å². The summed E-state index contributed by atoms with van der Waals surface area (Å²) in [6.07, 6.45) is 0. The van der Waals surface area contributed by atoms with E-state index >= 15 is 0 Å². The van der Waals surface area contributed by atoms with E-state index in [4.69, 9.17) is 10.5 Å². The van der Waals surface area contributed by atoms with Gasteiger partial charge in [0.15, 0.2) is 11.6 Å². The third-order valence-electron chi connectivity index (χ3n) is 2.95. The predicted octanol–water partition coefficient (Wildman–Crippen LogP) is 2.26. The Morgan fingerprint density at radius 1 is 1.43 bits per heavy atom. The van der Waals surface area contributed by atoms with E-state index in [2.05, 4.69) is 4.72 Å². The van der Waals surface area contributed by atoms with Gasteiger partial charge in [-0.15, -0.1) is 11.3 Å². The molecule has 114 valence electrons. The van der Waals surface area contributed by atoms with Crippen molar-refractivity contribution in [2.45, 2.75) is 18.4 Å². The fourth-order valence-electron chi connectivity index (χ4n) is 1.79. The highest BCUT2D eigenvalue weighted by Crippen LogP contribution is 2.28. The highest BCUT2D eigenvalue weighted by molar-refractivity contribution is 7.89. The number of hydrogen-bond acceptors (Lipinski definition) is 5. The van der Waals surface area contributed by atoms with Gasteiger partial charge in [-0.25, -0.2) is 17.5 Å². The number of anilines is 1. The minimum atomic E-state index is -3.84. The summed E-state index contributed by atoms with van der Waals surface area (Å²) in [5.41, 5.74) is 6.53. The van der Waals surface area contributed by atoms with Crippen LogP contribution in [0, 0.1) is 12.7 Å². The quantitative estimate of drug-likeness (QED) is 0.824. The summed E-state index contributed by atoms with van der Waals surface area (Å²) in [5.74, 6) is -0.978. The lowest BCUT2D eigenvalue weighted by Crippen LogP contribution is -2.23. The maximum Gasteiger partial charge on any atom is 0.241 e. The standard InChI is InChI=1S/C13H15FN2O3S2/c1-8-3-4-20-12(8)7-16-21(17,18)9-5-10(14)13(19-2)11(15)6-9/h3-6,16H,7,15H2,1-2H3. The topological polar surface area (TPSA) is 81.4 Å². The van der Waals surface area contributed by atoms with Crippen LogP contribution < -0.4 is 15.2 Å². The number of thiophene rings is 1. The highest BCUT2D eigenvalue weighted by Gasteiger charge is 2.19. The van der Waals surface area contributed by atoms with Crippen molar-refractivity contribution >= 4 is 27.0 Å². The second-order valence-electron chi connectivity index (χ2n) is 4.38. The lowest BCUT2D eigenvalue weighted by Gasteiger charge is -2.10. The second kappa shape index (κ2) is 6.00. The molecule has 5 nitrogen and oxygen atoms in total. The first kappa shape index (κ1) is 15.7. The average Bonchev–Trinajstić information content (AvgIpc) is 2.81. The number of nitrogens with two attached hydrogens (primary N) is 1. The van der Waals surface area contributed by atoms with E-state index < -0.39 is 15.8 Å².